The summed E-state index contributed by atoms with van der Waals surface area (Å²) < 4.78 is 7.17. The Labute approximate surface area is 162 Å². The highest BCUT2D eigenvalue weighted by atomic mass is 16.3. The van der Waals surface area contributed by atoms with Crippen molar-refractivity contribution in [3.63, 3.8) is 0 Å². The second-order valence-corrected chi connectivity index (χ2v) is 6.41. The van der Waals surface area contributed by atoms with Crippen molar-refractivity contribution in [1.82, 2.24) is 25.1 Å². The van der Waals surface area contributed by atoms with E-state index in [1.165, 1.54) is 12.6 Å². The lowest BCUT2D eigenvalue weighted by Crippen LogP contribution is -2.28. The fourth-order valence-corrected chi connectivity index (χ4v) is 2.90. The molecule has 7 heteroatoms. The average molecular weight is 373 g/mol. The molecule has 4 aromatic rings. The van der Waals surface area contributed by atoms with Crippen LogP contribution in [0.25, 0.3) is 17.1 Å². The molecular weight excluding hydrogens is 354 g/mol. The third-order valence-electron chi connectivity index (χ3n) is 4.37. The number of benzene rings is 2. The Kier molecular flexibility index (Phi) is 4.97. The number of carbonyl (C=O) groups excluding carboxylic acids is 1. The molecule has 0 aliphatic carbocycles. The molecule has 2 heterocycles. The lowest BCUT2D eigenvalue weighted by molar-refractivity contribution is -0.121. The van der Waals surface area contributed by atoms with Crippen LogP contribution in [-0.4, -0.2) is 25.7 Å². The van der Waals surface area contributed by atoms with E-state index in [1.807, 2.05) is 61.5 Å². The number of aromatic nitrogens is 4. The van der Waals surface area contributed by atoms with Crippen molar-refractivity contribution in [1.29, 1.82) is 0 Å². The number of hydrogen-bond acceptors (Lipinski definition) is 5. The van der Waals surface area contributed by atoms with Gasteiger partial charge in [-0.15, -0.1) is 0 Å². The second kappa shape index (κ2) is 7.87. The van der Waals surface area contributed by atoms with Gasteiger partial charge >= 0.3 is 0 Å². The summed E-state index contributed by atoms with van der Waals surface area (Å²) >= 11 is 0. The molecule has 0 spiro atoms. The van der Waals surface area contributed by atoms with Crippen LogP contribution in [0.5, 0.6) is 0 Å². The summed E-state index contributed by atoms with van der Waals surface area (Å²) in [5.41, 5.74) is 3.40. The van der Waals surface area contributed by atoms with Crippen LogP contribution >= 0.6 is 0 Å². The lowest BCUT2D eigenvalue weighted by Gasteiger charge is -2.14. The van der Waals surface area contributed by atoms with Gasteiger partial charge in [-0.2, -0.15) is 5.10 Å². The number of nitrogens with zero attached hydrogens (tertiary/aromatic N) is 4. The van der Waals surface area contributed by atoms with Gasteiger partial charge in [-0.1, -0.05) is 30.3 Å². The molecule has 0 saturated heterocycles. The number of oxazole rings is 1. The maximum atomic E-state index is 12.4. The summed E-state index contributed by atoms with van der Waals surface area (Å²) in [5, 5.41) is 7.09. The van der Waals surface area contributed by atoms with Gasteiger partial charge in [-0.3, -0.25) is 4.79 Å². The maximum absolute atomic E-state index is 12.4. The van der Waals surface area contributed by atoms with Gasteiger partial charge in [0, 0.05) is 5.56 Å². The van der Waals surface area contributed by atoms with Gasteiger partial charge in [0.05, 0.1) is 23.8 Å². The standard InChI is InChI=1S/C21H19N5O2/c1-15(16-7-9-19(10-8-16)26-14-22-13-23-26)24-20(27)11-18-12-28-21(25-18)17-5-3-2-4-6-17/h2-10,12-15H,11H2,1H3,(H,24,27). The van der Waals surface area contributed by atoms with Crippen molar-refractivity contribution < 1.29 is 9.21 Å². The molecule has 28 heavy (non-hydrogen) atoms. The molecule has 0 aliphatic heterocycles. The van der Waals surface area contributed by atoms with E-state index in [2.05, 4.69) is 20.4 Å². The van der Waals surface area contributed by atoms with Gasteiger partial charge in [0.1, 0.15) is 18.9 Å². The van der Waals surface area contributed by atoms with Crippen LogP contribution in [0.2, 0.25) is 0 Å². The van der Waals surface area contributed by atoms with E-state index < -0.39 is 0 Å². The zero-order valence-corrected chi connectivity index (χ0v) is 15.3. The third kappa shape index (κ3) is 3.98. The molecule has 1 N–H and O–H groups in total. The fraction of sp³-hybridized carbons (Fsp3) is 0.143. The third-order valence-corrected chi connectivity index (χ3v) is 4.37. The summed E-state index contributed by atoms with van der Waals surface area (Å²) in [4.78, 5) is 20.7. The van der Waals surface area contributed by atoms with Crippen molar-refractivity contribution in [3.8, 4) is 17.1 Å². The van der Waals surface area contributed by atoms with Crippen molar-refractivity contribution in [2.45, 2.75) is 19.4 Å². The normalized spacial score (nSPS) is 11.9. The Balaban J connectivity index is 1.36. The Morgan fingerprint density at radius 2 is 1.93 bits per heavy atom. The van der Waals surface area contributed by atoms with Crippen LogP contribution in [0.1, 0.15) is 24.2 Å². The van der Waals surface area contributed by atoms with Crippen LogP contribution in [0.15, 0.2) is 77.9 Å². The molecule has 2 aromatic heterocycles. The number of hydrogen-bond donors (Lipinski definition) is 1. The molecule has 2 aromatic carbocycles. The molecule has 7 nitrogen and oxygen atoms in total. The fourth-order valence-electron chi connectivity index (χ4n) is 2.90. The molecule has 4 rings (SSSR count). The monoisotopic (exact) mass is 373 g/mol. The molecule has 0 saturated carbocycles. The summed E-state index contributed by atoms with van der Waals surface area (Å²) in [6, 6.07) is 17.3. The van der Waals surface area contributed by atoms with E-state index in [-0.39, 0.29) is 18.4 Å². The Morgan fingerprint density at radius 1 is 1.14 bits per heavy atom. The summed E-state index contributed by atoms with van der Waals surface area (Å²) in [6.45, 7) is 1.95. The van der Waals surface area contributed by atoms with Gasteiger partial charge in [-0.05, 0) is 36.8 Å². The Hall–Kier alpha value is -3.74. The molecule has 0 fully saturated rings. The average Bonchev–Trinajstić information content (AvgIpc) is 3.41. The molecule has 1 unspecified atom stereocenters. The van der Waals surface area contributed by atoms with Crippen LogP contribution < -0.4 is 5.32 Å². The van der Waals surface area contributed by atoms with Gasteiger partial charge in [-0.25, -0.2) is 14.6 Å². The Bertz CT molecular complexity index is 1040. The van der Waals surface area contributed by atoms with Crippen LogP contribution in [-0.2, 0) is 11.2 Å². The van der Waals surface area contributed by atoms with E-state index in [0.29, 0.717) is 11.6 Å². The predicted octanol–water partition coefficient (Wildman–Crippen LogP) is 3.34. The number of amides is 1. The number of rotatable bonds is 6. The molecule has 0 radical (unpaired) electrons. The van der Waals surface area contributed by atoms with Crippen molar-refractivity contribution in [3.05, 3.63) is 84.8 Å². The minimum Gasteiger partial charge on any atom is -0.444 e. The second-order valence-electron chi connectivity index (χ2n) is 6.41. The molecule has 140 valence electrons. The first-order valence-corrected chi connectivity index (χ1v) is 8.93. The highest BCUT2D eigenvalue weighted by Gasteiger charge is 2.13. The highest BCUT2D eigenvalue weighted by molar-refractivity contribution is 5.78. The van der Waals surface area contributed by atoms with E-state index in [1.54, 1.807) is 11.0 Å². The van der Waals surface area contributed by atoms with Crippen LogP contribution in [0.3, 0.4) is 0 Å². The first-order chi connectivity index (χ1) is 13.7. The highest BCUT2D eigenvalue weighted by Crippen LogP contribution is 2.19. The van der Waals surface area contributed by atoms with Gasteiger partial charge < -0.3 is 9.73 Å². The SMILES string of the molecule is CC(NC(=O)Cc1coc(-c2ccccc2)n1)c1ccc(-n2cncn2)cc1. The Morgan fingerprint density at radius 3 is 2.64 bits per heavy atom. The zero-order chi connectivity index (χ0) is 19.3. The van der Waals surface area contributed by atoms with E-state index in [9.17, 15) is 4.79 Å². The van der Waals surface area contributed by atoms with Crippen molar-refractivity contribution in [2.24, 2.45) is 0 Å². The smallest absolute Gasteiger partial charge is 0.226 e. The zero-order valence-electron chi connectivity index (χ0n) is 15.3. The van der Waals surface area contributed by atoms with Gasteiger partial charge in [0.15, 0.2) is 0 Å². The van der Waals surface area contributed by atoms with Crippen molar-refractivity contribution in [2.75, 3.05) is 0 Å². The summed E-state index contributed by atoms with van der Waals surface area (Å²) in [5.74, 6) is 0.404. The lowest BCUT2D eigenvalue weighted by atomic mass is 10.1. The molecule has 1 amide bonds. The van der Waals surface area contributed by atoms with E-state index in [0.717, 1.165) is 16.8 Å². The topological polar surface area (TPSA) is 85.8 Å². The van der Waals surface area contributed by atoms with Gasteiger partial charge in [0.25, 0.3) is 0 Å². The van der Waals surface area contributed by atoms with Crippen LogP contribution in [0, 0.1) is 0 Å². The predicted molar refractivity (Wildman–Crippen MR) is 104 cm³/mol. The van der Waals surface area contributed by atoms with Gasteiger partial charge in [0.2, 0.25) is 11.8 Å². The van der Waals surface area contributed by atoms with E-state index in [4.69, 9.17) is 4.42 Å². The largest absolute Gasteiger partial charge is 0.444 e. The first kappa shape index (κ1) is 17.7. The molecule has 0 aliphatic rings. The minimum absolute atomic E-state index is 0.110. The summed E-state index contributed by atoms with van der Waals surface area (Å²) in [7, 11) is 0. The maximum Gasteiger partial charge on any atom is 0.226 e. The quantitative estimate of drug-likeness (QED) is 0.560. The summed E-state index contributed by atoms with van der Waals surface area (Å²) in [6.07, 6.45) is 4.82. The number of carbonyl (C=O) groups is 1. The molecular formula is C21H19N5O2. The minimum atomic E-state index is -0.127. The molecule has 0 bridgehead atoms. The van der Waals surface area contributed by atoms with Crippen LogP contribution in [0.4, 0.5) is 0 Å². The number of nitrogens with one attached hydrogen (secondary N) is 1. The first-order valence-electron chi connectivity index (χ1n) is 8.93. The van der Waals surface area contributed by atoms with Crippen molar-refractivity contribution >= 4 is 5.91 Å². The van der Waals surface area contributed by atoms with E-state index >= 15 is 0 Å². The molecule has 1 atom stereocenters.